The molecule has 0 bridgehead atoms. The molecule has 0 spiro atoms. The summed E-state index contributed by atoms with van der Waals surface area (Å²) >= 11 is 0. The van der Waals surface area contributed by atoms with Crippen molar-refractivity contribution in [1.82, 2.24) is 0 Å². The van der Waals surface area contributed by atoms with Crippen LogP contribution in [0.4, 0.5) is 0 Å². The second kappa shape index (κ2) is 11.6. The fourth-order valence-electron chi connectivity index (χ4n) is 5.52. The minimum Gasteiger partial charge on any atom is -0.497 e. The summed E-state index contributed by atoms with van der Waals surface area (Å²) in [4.78, 5) is 45.6. The molecule has 1 saturated carbocycles. The number of ether oxygens (including phenoxy) is 4. The number of methoxy groups -OCH3 is 2. The third kappa shape index (κ3) is 5.08. The number of carbonyl (C=O) groups is 3. The Kier molecular flexibility index (Phi) is 8.29. The first-order valence-electron chi connectivity index (χ1n) is 12.8. The number of nitrogens with zero attached hydrogens (tertiary/aromatic N) is 1. The summed E-state index contributed by atoms with van der Waals surface area (Å²) in [5, 5.41) is 0. The van der Waals surface area contributed by atoms with E-state index in [2.05, 4.69) is 0 Å². The highest BCUT2D eigenvalue weighted by Gasteiger charge is 2.53. The van der Waals surface area contributed by atoms with Crippen LogP contribution in [0, 0.1) is 11.8 Å². The SMILES string of the molecule is CCOC(=O)C1=C(C)N=C2C[C@@H](c3ccc(OC)cc3)[C@H](C(=O)OCC)C(=O)C2[C@@H]1c1cccc(OC)c1. The lowest BCUT2D eigenvalue weighted by molar-refractivity contribution is -0.153. The van der Waals surface area contributed by atoms with Crippen LogP contribution in [-0.4, -0.2) is 50.9 Å². The summed E-state index contributed by atoms with van der Waals surface area (Å²) in [7, 11) is 3.14. The highest BCUT2D eigenvalue weighted by molar-refractivity contribution is 6.17. The number of allylic oxidation sites excluding steroid dienone is 1. The lowest BCUT2D eigenvalue weighted by Gasteiger charge is -2.41. The number of ketones is 1. The highest BCUT2D eigenvalue weighted by Crippen LogP contribution is 2.48. The molecular formula is C30H33NO7. The number of hydrogen-bond donors (Lipinski definition) is 0. The van der Waals surface area contributed by atoms with E-state index in [0.717, 1.165) is 5.56 Å². The van der Waals surface area contributed by atoms with Crippen molar-refractivity contribution in [3.63, 3.8) is 0 Å². The molecular weight excluding hydrogens is 486 g/mol. The van der Waals surface area contributed by atoms with Crippen molar-refractivity contribution in [2.75, 3.05) is 27.4 Å². The predicted octanol–water partition coefficient (Wildman–Crippen LogP) is 4.63. The quantitative estimate of drug-likeness (QED) is 0.370. The molecule has 0 aromatic heterocycles. The molecule has 1 unspecified atom stereocenters. The molecule has 2 aromatic carbocycles. The van der Waals surface area contributed by atoms with Crippen LogP contribution in [0.1, 0.15) is 50.2 Å². The Bertz CT molecular complexity index is 1280. The van der Waals surface area contributed by atoms with E-state index in [1.807, 2.05) is 30.3 Å². The maximum Gasteiger partial charge on any atom is 0.336 e. The Morgan fingerprint density at radius 1 is 0.895 bits per heavy atom. The van der Waals surface area contributed by atoms with Crippen molar-refractivity contribution < 1.29 is 33.3 Å². The van der Waals surface area contributed by atoms with Crippen LogP contribution in [0.3, 0.4) is 0 Å². The van der Waals surface area contributed by atoms with E-state index in [1.54, 1.807) is 53.2 Å². The first-order valence-corrected chi connectivity index (χ1v) is 12.8. The zero-order chi connectivity index (χ0) is 27.4. The molecule has 0 saturated heterocycles. The van der Waals surface area contributed by atoms with Gasteiger partial charge in [0.1, 0.15) is 17.4 Å². The number of aliphatic imine (C=N–C) groups is 1. The van der Waals surface area contributed by atoms with Gasteiger partial charge in [-0.3, -0.25) is 14.6 Å². The maximum absolute atomic E-state index is 14.3. The fourth-order valence-corrected chi connectivity index (χ4v) is 5.52. The molecule has 1 fully saturated rings. The van der Waals surface area contributed by atoms with E-state index < -0.39 is 35.6 Å². The zero-order valence-corrected chi connectivity index (χ0v) is 22.4. The molecule has 38 heavy (non-hydrogen) atoms. The molecule has 1 heterocycles. The van der Waals surface area contributed by atoms with Gasteiger partial charge in [0.15, 0.2) is 5.78 Å². The summed E-state index contributed by atoms with van der Waals surface area (Å²) in [6, 6.07) is 14.6. The summed E-state index contributed by atoms with van der Waals surface area (Å²) in [6.45, 7) is 5.53. The molecule has 1 aliphatic heterocycles. The zero-order valence-electron chi connectivity index (χ0n) is 22.4. The van der Waals surface area contributed by atoms with Crippen molar-refractivity contribution in [3.8, 4) is 11.5 Å². The molecule has 4 atom stereocenters. The van der Waals surface area contributed by atoms with Crippen LogP contribution in [0.2, 0.25) is 0 Å². The second-order valence-corrected chi connectivity index (χ2v) is 9.27. The smallest absolute Gasteiger partial charge is 0.336 e. The Balaban J connectivity index is 1.88. The van der Waals surface area contributed by atoms with Crippen molar-refractivity contribution in [2.24, 2.45) is 16.8 Å². The van der Waals surface area contributed by atoms with Gasteiger partial charge in [-0.15, -0.1) is 0 Å². The van der Waals surface area contributed by atoms with Gasteiger partial charge in [-0.25, -0.2) is 4.79 Å². The van der Waals surface area contributed by atoms with Crippen LogP contribution in [0.5, 0.6) is 11.5 Å². The molecule has 0 amide bonds. The van der Waals surface area contributed by atoms with Gasteiger partial charge >= 0.3 is 11.9 Å². The topological polar surface area (TPSA) is 100 Å². The third-order valence-electron chi connectivity index (χ3n) is 7.18. The molecule has 0 radical (unpaired) electrons. The van der Waals surface area contributed by atoms with Crippen LogP contribution < -0.4 is 9.47 Å². The average molecular weight is 520 g/mol. The van der Waals surface area contributed by atoms with E-state index in [9.17, 15) is 14.4 Å². The number of fused-ring (bicyclic) bond motifs is 1. The molecule has 8 nitrogen and oxygen atoms in total. The first-order chi connectivity index (χ1) is 18.3. The number of rotatable bonds is 8. The standard InChI is InChI=1S/C30H33NO7/c1-6-37-29(33)24-17(3)31-23-16-22(18-11-13-20(35-4)14-12-18)26(30(34)38-7-2)28(32)27(23)25(24)19-9-8-10-21(15-19)36-5/h8-15,22,25-27H,6-7,16H2,1-5H3/t22-,25+,26-,27?/m0/s1. The molecule has 1 aliphatic carbocycles. The van der Waals surface area contributed by atoms with Crippen molar-refractivity contribution in [2.45, 2.75) is 39.0 Å². The van der Waals surface area contributed by atoms with Gasteiger partial charge in [0.25, 0.3) is 0 Å². The van der Waals surface area contributed by atoms with Gasteiger partial charge in [0.2, 0.25) is 0 Å². The molecule has 2 aliphatic rings. The summed E-state index contributed by atoms with van der Waals surface area (Å²) in [5.41, 5.74) is 2.97. The summed E-state index contributed by atoms with van der Waals surface area (Å²) in [5.74, 6) is -3.19. The van der Waals surface area contributed by atoms with Crippen LogP contribution in [0.15, 0.2) is 64.8 Å². The lowest BCUT2D eigenvalue weighted by Crippen LogP contribution is -2.48. The van der Waals surface area contributed by atoms with Gasteiger partial charge in [-0.1, -0.05) is 24.3 Å². The summed E-state index contributed by atoms with van der Waals surface area (Å²) in [6.07, 6.45) is 0.361. The van der Waals surface area contributed by atoms with E-state index >= 15 is 0 Å². The number of hydrogen-bond acceptors (Lipinski definition) is 8. The second-order valence-electron chi connectivity index (χ2n) is 9.27. The van der Waals surface area contributed by atoms with Gasteiger partial charge in [-0.05, 0) is 62.6 Å². The van der Waals surface area contributed by atoms with E-state index in [4.69, 9.17) is 23.9 Å². The van der Waals surface area contributed by atoms with Crippen molar-refractivity contribution in [3.05, 3.63) is 70.9 Å². The highest BCUT2D eigenvalue weighted by atomic mass is 16.5. The van der Waals surface area contributed by atoms with E-state index in [1.165, 1.54) is 0 Å². The average Bonchev–Trinajstić information content (AvgIpc) is 2.92. The molecule has 200 valence electrons. The third-order valence-corrected chi connectivity index (χ3v) is 7.18. The van der Waals surface area contributed by atoms with Gasteiger partial charge in [0.05, 0.1) is 38.9 Å². The van der Waals surface area contributed by atoms with Gasteiger partial charge < -0.3 is 18.9 Å². The number of esters is 2. The van der Waals surface area contributed by atoms with Gasteiger partial charge in [0, 0.05) is 23.2 Å². The lowest BCUT2D eigenvalue weighted by atomic mass is 9.62. The molecule has 0 N–H and O–H groups in total. The van der Waals surface area contributed by atoms with Gasteiger partial charge in [-0.2, -0.15) is 0 Å². The first kappa shape index (κ1) is 27.1. The number of carbonyl (C=O) groups excluding carboxylic acids is 3. The Hall–Kier alpha value is -3.94. The van der Waals surface area contributed by atoms with Crippen molar-refractivity contribution in [1.29, 1.82) is 0 Å². The van der Waals surface area contributed by atoms with Crippen LogP contribution in [-0.2, 0) is 23.9 Å². The number of Topliss-reactive ketones (excluding diaryl/α,β-unsaturated/α-hetero) is 1. The Morgan fingerprint density at radius 2 is 1.58 bits per heavy atom. The largest absolute Gasteiger partial charge is 0.497 e. The fraction of sp³-hybridized carbons (Fsp3) is 0.400. The minimum absolute atomic E-state index is 0.149. The van der Waals surface area contributed by atoms with E-state index in [-0.39, 0.29) is 19.0 Å². The van der Waals surface area contributed by atoms with Crippen LogP contribution in [0.25, 0.3) is 0 Å². The summed E-state index contributed by atoms with van der Waals surface area (Å²) < 4.78 is 21.5. The van der Waals surface area contributed by atoms with Crippen molar-refractivity contribution >= 4 is 23.4 Å². The number of benzene rings is 2. The minimum atomic E-state index is -1.05. The molecule has 4 rings (SSSR count). The monoisotopic (exact) mass is 519 g/mol. The maximum atomic E-state index is 14.3. The molecule has 8 heteroatoms. The normalized spacial score (nSPS) is 22.8. The predicted molar refractivity (Wildman–Crippen MR) is 141 cm³/mol. The Morgan fingerprint density at radius 3 is 2.21 bits per heavy atom. The molecule has 2 aromatic rings. The Labute approximate surface area is 222 Å². The van der Waals surface area contributed by atoms with E-state index in [0.29, 0.717) is 40.5 Å². The van der Waals surface area contributed by atoms with Crippen LogP contribution >= 0.6 is 0 Å².